The van der Waals surface area contributed by atoms with Crippen molar-refractivity contribution in [3.8, 4) is 0 Å². The minimum absolute atomic E-state index is 0.0940. The normalized spacial score (nSPS) is 14.9. The van der Waals surface area contributed by atoms with Gasteiger partial charge in [0.2, 0.25) is 5.91 Å². The van der Waals surface area contributed by atoms with Crippen LogP contribution in [0, 0.1) is 12.7 Å². The van der Waals surface area contributed by atoms with Crippen LogP contribution in [0.3, 0.4) is 0 Å². The number of piperazine rings is 1. The van der Waals surface area contributed by atoms with E-state index in [0.717, 1.165) is 11.3 Å². The fourth-order valence-corrected chi connectivity index (χ4v) is 3.46. The zero-order chi connectivity index (χ0) is 20.4. The number of aromatic nitrogens is 2. The quantitative estimate of drug-likeness (QED) is 0.735. The van der Waals surface area contributed by atoms with Crippen molar-refractivity contribution in [3.63, 3.8) is 0 Å². The number of hydrogen-bond acceptors (Lipinski definition) is 4. The molecule has 0 radical (unpaired) electrons. The molecule has 0 aliphatic carbocycles. The maximum atomic E-state index is 12.9. The van der Waals surface area contributed by atoms with Gasteiger partial charge in [-0.2, -0.15) is 0 Å². The summed E-state index contributed by atoms with van der Waals surface area (Å²) in [5.74, 6) is -0.597. The Morgan fingerprint density at radius 3 is 2.48 bits per heavy atom. The standard InChI is InChI=1S/C21H22FN5O2/c1-15-3-2-4-19-24-18(13-27(15)19)21(29)26-11-9-25(10-12-26)14-20(28)23-17-7-5-16(22)6-8-17/h2-8,13H,9-12,14H2,1H3,(H,23,28). The lowest BCUT2D eigenvalue weighted by Gasteiger charge is -2.33. The van der Waals surface area contributed by atoms with E-state index in [-0.39, 0.29) is 24.2 Å². The molecule has 1 saturated heterocycles. The van der Waals surface area contributed by atoms with E-state index in [9.17, 15) is 14.0 Å². The highest BCUT2D eigenvalue weighted by molar-refractivity contribution is 5.93. The number of aryl methyl sites for hydroxylation is 1. The van der Waals surface area contributed by atoms with Crippen LogP contribution < -0.4 is 5.32 Å². The van der Waals surface area contributed by atoms with Gasteiger partial charge in [-0.1, -0.05) is 6.07 Å². The Labute approximate surface area is 167 Å². The van der Waals surface area contributed by atoms with Gasteiger partial charge in [0.15, 0.2) is 0 Å². The van der Waals surface area contributed by atoms with Crippen LogP contribution in [-0.2, 0) is 4.79 Å². The largest absolute Gasteiger partial charge is 0.335 e. The lowest BCUT2D eigenvalue weighted by Crippen LogP contribution is -2.50. The fourth-order valence-electron chi connectivity index (χ4n) is 3.46. The lowest BCUT2D eigenvalue weighted by atomic mass is 10.2. The van der Waals surface area contributed by atoms with Gasteiger partial charge in [0.05, 0.1) is 6.54 Å². The summed E-state index contributed by atoms with van der Waals surface area (Å²) in [6.07, 6.45) is 1.77. The molecular weight excluding hydrogens is 373 g/mol. The predicted molar refractivity (Wildman–Crippen MR) is 107 cm³/mol. The van der Waals surface area contributed by atoms with Gasteiger partial charge in [-0.25, -0.2) is 9.37 Å². The molecule has 2 amide bonds. The second-order valence-corrected chi connectivity index (χ2v) is 7.14. The Kier molecular flexibility index (Phi) is 5.26. The number of amides is 2. The molecule has 29 heavy (non-hydrogen) atoms. The van der Waals surface area contributed by atoms with Gasteiger partial charge in [0.25, 0.3) is 5.91 Å². The highest BCUT2D eigenvalue weighted by Gasteiger charge is 2.25. The lowest BCUT2D eigenvalue weighted by molar-refractivity contribution is -0.117. The Morgan fingerprint density at radius 1 is 1.07 bits per heavy atom. The van der Waals surface area contributed by atoms with Crippen molar-refractivity contribution >= 4 is 23.1 Å². The van der Waals surface area contributed by atoms with Crippen molar-refractivity contribution in [3.05, 3.63) is 65.9 Å². The Bertz CT molecular complexity index is 1040. The summed E-state index contributed by atoms with van der Waals surface area (Å²) in [5, 5.41) is 2.76. The van der Waals surface area contributed by atoms with E-state index in [0.29, 0.717) is 37.6 Å². The van der Waals surface area contributed by atoms with Crippen molar-refractivity contribution in [2.45, 2.75) is 6.92 Å². The number of rotatable bonds is 4. The van der Waals surface area contributed by atoms with E-state index in [1.54, 1.807) is 11.1 Å². The number of fused-ring (bicyclic) bond motifs is 1. The van der Waals surface area contributed by atoms with Gasteiger partial charge in [0.1, 0.15) is 17.2 Å². The second kappa shape index (κ2) is 8.00. The second-order valence-electron chi connectivity index (χ2n) is 7.14. The molecule has 0 unspecified atom stereocenters. The van der Waals surface area contributed by atoms with Crippen LogP contribution in [0.25, 0.3) is 5.65 Å². The third kappa shape index (κ3) is 4.27. The predicted octanol–water partition coefficient (Wildman–Crippen LogP) is 2.18. The highest BCUT2D eigenvalue weighted by atomic mass is 19.1. The molecule has 150 valence electrons. The van der Waals surface area contributed by atoms with Gasteiger partial charge >= 0.3 is 0 Å². The molecule has 7 nitrogen and oxygen atoms in total. The van der Waals surface area contributed by atoms with Crippen LogP contribution in [0.2, 0.25) is 0 Å². The van der Waals surface area contributed by atoms with Gasteiger partial charge in [-0.15, -0.1) is 0 Å². The first-order valence-electron chi connectivity index (χ1n) is 9.51. The molecule has 1 aromatic carbocycles. The summed E-state index contributed by atoms with van der Waals surface area (Å²) in [4.78, 5) is 33.2. The molecule has 2 aromatic heterocycles. The van der Waals surface area contributed by atoms with E-state index in [1.807, 2.05) is 34.4 Å². The van der Waals surface area contributed by atoms with Gasteiger partial charge < -0.3 is 14.6 Å². The number of halogens is 1. The number of hydrogen-bond donors (Lipinski definition) is 1. The minimum atomic E-state index is -0.343. The number of pyridine rings is 1. The Balaban J connectivity index is 1.31. The van der Waals surface area contributed by atoms with Crippen LogP contribution in [0.4, 0.5) is 10.1 Å². The monoisotopic (exact) mass is 395 g/mol. The number of anilines is 1. The molecule has 1 aliphatic heterocycles. The van der Waals surface area contributed by atoms with Crippen LogP contribution in [0.5, 0.6) is 0 Å². The first-order valence-corrected chi connectivity index (χ1v) is 9.51. The summed E-state index contributed by atoms with van der Waals surface area (Å²) in [6, 6.07) is 11.4. The van der Waals surface area contributed by atoms with E-state index in [1.165, 1.54) is 24.3 Å². The number of carbonyl (C=O) groups is 2. The van der Waals surface area contributed by atoms with E-state index in [4.69, 9.17) is 0 Å². The van der Waals surface area contributed by atoms with E-state index in [2.05, 4.69) is 10.3 Å². The van der Waals surface area contributed by atoms with E-state index < -0.39 is 0 Å². The summed E-state index contributed by atoms with van der Waals surface area (Å²) >= 11 is 0. The van der Waals surface area contributed by atoms with Crippen LogP contribution >= 0.6 is 0 Å². The molecule has 1 aliphatic rings. The molecule has 1 fully saturated rings. The first kappa shape index (κ1) is 19.1. The topological polar surface area (TPSA) is 70.0 Å². The summed E-state index contributed by atoms with van der Waals surface area (Å²) in [5.41, 5.74) is 2.77. The average Bonchev–Trinajstić information content (AvgIpc) is 3.15. The smallest absolute Gasteiger partial charge is 0.274 e. The minimum Gasteiger partial charge on any atom is -0.335 e. The van der Waals surface area contributed by atoms with Gasteiger partial charge in [0, 0.05) is 43.8 Å². The van der Waals surface area contributed by atoms with Crippen molar-refractivity contribution in [2.24, 2.45) is 0 Å². The summed E-state index contributed by atoms with van der Waals surface area (Å²) in [6.45, 7) is 4.49. The molecule has 1 N–H and O–H groups in total. The van der Waals surface area contributed by atoms with Crippen molar-refractivity contribution < 1.29 is 14.0 Å². The van der Waals surface area contributed by atoms with Crippen molar-refractivity contribution in [2.75, 3.05) is 38.0 Å². The number of carbonyl (C=O) groups excluding carboxylic acids is 2. The number of imidazole rings is 1. The molecule has 0 saturated carbocycles. The first-order chi connectivity index (χ1) is 14.0. The van der Waals surface area contributed by atoms with E-state index >= 15 is 0 Å². The molecule has 8 heteroatoms. The molecule has 0 atom stereocenters. The number of nitrogens with one attached hydrogen (secondary N) is 1. The molecule has 0 spiro atoms. The summed E-state index contributed by atoms with van der Waals surface area (Å²) < 4.78 is 14.8. The SMILES string of the molecule is Cc1cccc2nc(C(=O)N3CCN(CC(=O)Nc4ccc(F)cc4)CC3)cn12. The van der Waals surface area contributed by atoms with Crippen molar-refractivity contribution in [1.82, 2.24) is 19.2 Å². The van der Waals surface area contributed by atoms with Gasteiger partial charge in [-0.3, -0.25) is 14.5 Å². The average molecular weight is 395 g/mol. The molecular formula is C21H22FN5O2. The highest BCUT2D eigenvalue weighted by Crippen LogP contribution is 2.13. The van der Waals surface area contributed by atoms with Crippen LogP contribution in [-0.4, -0.2) is 63.7 Å². The molecule has 4 rings (SSSR count). The number of benzene rings is 1. The Hall–Kier alpha value is -3.26. The Morgan fingerprint density at radius 2 is 1.79 bits per heavy atom. The maximum Gasteiger partial charge on any atom is 0.274 e. The summed E-state index contributed by atoms with van der Waals surface area (Å²) in [7, 11) is 0. The van der Waals surface area contributed by atoms with Crippen LogP contribution in [0.15, 0.2) is 48.7 Å². The number of nitrogens with zero attached hydrogens (tertiary/aromatic N) is 4. The molecule has 0 bridgehead atoms. The molecule has 3 heterocycles. The molecule has 3 aromatic rings. The third-order valence-electron chi connectivity index (χ3n) is 5.07. The van der Waals surface area contributed by atoms with Gasteiger partial charge in [-0.05, 0) is 43.3 Å². The van der Waals surface area contributed by atoms with Crippen LogP contribution in [0.1, 0.15) is 16.2 Å². The zero-order valence-corrected chi connectivity index (χ0v) is 16.1. The van der Waals surface area contributed by atoms with Crippen molar-refractivity contribution in [1.29, 1.82) is 0 Å². The zero-order valence-electron chi connectivity index (χ0n) is 16.1. The maximum absolute atomic E-state index is 12.9. The fraction of sp³-hybridized carbons (Fsp3) is 0.286. The third-order valence-corrected chi connectivity index (χ3v) is 5.07.